The number of ether oxygens (including phenoxy) is 2. The summed E-state index contributed by atoms with van der Waals surface area (Å²) in [5.74, 6) is 1.48. The summed E-state index contributed by atoms with van der Waals surface area (Å²) >= 11 is 0. The summed E-state index contributed by atoms with van der Waals surface area (Å²) in [6.45, 7) is 2.39. The zero-order valence-electron chi connectivity index (χ0n) is 13.7. The van der Waals surface area contributed by atoms with Gasteiger partial charge in [0.15, 0.2) is 5.76 Å². The Kier molecular flexibility index (Phi) is 5.94. The van der Waals surface area contributed by atoms with Gasteiger partial charge in [0.2, 0.25) is 0 Å². The predicted octanol–water partition coefficient (Wildman–Crippen LogP) is 3.48. The van der Waals surface area contributed by atoms with Crippen molar-refractivity contribution in [1.29, 1.82) is 0 Å². The van der Waals surface area contributed by atoms with Crippen LogP contribution in [-0.4, -0.2) is 35.7 Å². The van der Waals surface area contributed by atoms with Gasteiger partial charge in [-0.2, -0.15) is 0 Å². The molecule has 0 spiro atoms. The minimum absolute atomic E-state index is 0.221. The number of piperidine rings is 1. The summed E-state index contributed by atoms with van der Waals surface area (Å²) in [6.07, 6.45) is 18.1. The van der Waals surface area contributed by atoms with Gasteiger partial charge in [0.25, 0.3) is 0 Å². The number of hydrogen-bond acceptors (Lipinski definition) is 4. The maximum Gasteiger partial charge on any atom is 0.156 e. The largest absolute Gasteiger partial charge is 0.466 e. The van der Waals surface area contributed by atoms with E-state index >= 15 is 0 Å². The summed E-state index contributed by atoms with van der Waals surface area (Å²) in [7, 11) is 0. The first-order valence-electron chi connectivity index (χ1n) is 8.73. The first-order valence-corrected chi connectivity index (χ1v) is 8.73. The Morgan fingerprint density at radius 2 is 2.30 bits per heavy atom. The van der Waals surface area contributed by atoms with Gasteiger partial charge in [0, 0.05) is 13.2 Å². The molecule has 4 nitrogen and oxygen atoms in total. The number of allylic oxidation sites excluding steroid dienone is 3. The Bertz CT molecular complexity index is 505. The Morgan fingerprint density at radius 1 is 1.35 bits per heavy atom. The molecule has 0 saturated carbocycles. The molecule has 2 heterocycles. The minimum atomic E-state index is 0.221. The van der Waals surface area contributed by atoms with Crippen LogP contribution in [0.5, 0.6) is 0 Å². The van der Waals surface area contributed by atoms with Crippen LogP contribution in [0.4, 0.5) is 0 Å². The minimum Gasteiger partial charge on any atom is -0.466 e. The van der Waals surface area contributed by atoms with Gasteiger partial charge in [0.05, 0.1) is 6.04 Å². The topological polar surface area (TPSA) is 41.9 Å². The van der Waals surface area contributed by atoms with E-state index in [-0.39, 0.29) is 12.6 Å². The Hall–Kier alpha value is -1.52. The van der Waals surface area contributed by atoms with E-state index in [1.807, 2.05) is 0 Å². The fourth-order valence-electron chi connectivity index (χ4n) is 3.71. The van der Waals surface area contributed by atoms with E-state index < -0.39 is 0 Å². The van der Waals surface area contributed by atoms with Crippen LogP contribution in [0.2, 0.25) is 0 Å². The Balaban J connectivity index is 1.72. The van der Waals surface area contributed by atoms with E-state index in [9.17, 15) is 5.11 Å². The van der Waals surface area contributed by atoms with E-state index in [1.54, 1.807) is 18.8 Å². The fraction of sp³-hybridized carbons (Fsp3) is 0.579. The summed E-state index contributed by atoms with van der Waals surface area (Å²) in [4.78, 5) is 2.51. The van der Waals surface area contributed by atoms with Crippen LogP contribution in [0, 0.1) is 5.92 Å². The molecule has 0 radical (unpaired) electrons. The van der Waals surface area contributed by atoms with E-state index in [1.165, 1.54) is 18.4 Å². The number of hydrogen-bond donors (Lipinski definition) is 1. The average molecular weight is 317 g/mol. The SMILES string of the molecule is OCCC1CCCN(C(CC2=CC=CCC2)C2=COC=CO2)C1. The monoisotopic (exact) mass is 317 g/mol. The first-order chi connectivity index (χ1) is 11.4. The third-order valence-electron chi connectivity index (χ3n) is 4.94. The van der Waals surface area contributed by atoms with Crippen LogP contribution in [0.15, 0.2) is 48.3 Å². The van der Waals surface area contributed by atoms with Crippen molar-refractivity contribution < 1.29 is 14.6 Å². The molecule has 0 aromatic carbocycles. The van der Waals surface area contributed by atoms with Crippen LogP contribution in [0.1, 0.15) is 38.5 Å². The molecule has 1 fully saturated rings. The second-order valence-corrected chi connectivity index (χ2v) is 6.57. The first kappa shape index (κ1) is 16.3. The fourth-order valence-corrected chi connectivity index (χ4v) is 3.71. The van der Waals surface area contributed by atoms with Crippen molar-refractivity contribution in [2.24, 2.45) is 5.92 Å². The maximum absolute atomic E-state index is 9.25. The third-order valence-corrected chi connectivity index (χ3v) is 4.94. The predicted molar refractivity (Wildman–Crippen MR) is 90.3 cm³/mol. The summed E-state index contributed by atoms with van der Waals surface area (Å²) in [6, 6.07) is 0.221. The van der Waals surface area contributed by atoms with Crippen LogP contribution >= 0.6 is 0 Å². The van der Waals surface area contributed by atoms with Crippen molar-refractivity contribution in [2.45, 2.75) is 44.6 Å². The van der Waals surface area contributed by atoms with E-state index in [0.29, 0.717) is 5.92 Å². The molecule has 0 amide bonds. The van der Waals surface area contributed by atoms with Gasteiger partial charge in [-0.15, -0.1) is 0 Å². The highest BCUT2D eigenvalue weighted by molar-refractivity contribution is 5.21. The molecule has 4 heteroatoms. The molecule has 3 aliphatic rings. The number of aliphatic hydroxyl groups excluding tert-OH is 1. The molecule has 126 valence electrons. The van der Waals surface area contributed by atoms with Gasteiger partial charge >= 0.3 is 0 Å². The van der Waals surface area contributed by atoms with Crippen molar-refractivity contribution in [3.63, 3.8) is 0 Å². The van der Waals surface area contributed by atoms with Gasteiger partial charge in [-0.3, -0.25) is 4.90 Å². The Labute approximate surface area is 138 Å². The lowest BCUT2D eigenvalue weighted by atomic mass is 9.91. The van der Waals surface area contributed by atoms with E-state index in [0.717, 1.165) is 44.5 Å². The molecule has 3 rings (SSSR count). The highest BCUT2D eigenvalue weighted by Crippen LogP contribution is 2.30. The maximum atomic E-state index is 9.25. The molecular formula is C19H27NO3. The van der Waals surface area contributed by atoms with Gasteiger partial charge in [-0.25, -0.2) is 0 Å². The lowest BCUT2D eigenvalue weighted by Crippen LogP contribution is -2.44. The molecule has 2 aliphatic heterocycles. The number of rotatable bonds is 6. The van der Waals surface area contributed by atoms with E-state index in [2.05, 4.69) is 23.1 Å². The van der Waals surface area contributed by atoms with Crippen molar-refractivity contribution in [2.75, 3.05) is 19.7 Å². The van der Waals surface area contributed by atoms with Gasteiger partial charge in [0.1, 0.15) is 18.8 Å². The van der Waals surface area contributed by atoms with Crippen LogP contribution in [0.25, 0.3) is 0 Å². The molecule has 1 N–H and O–H groups in total. The summed E-state index contributed by atoms with van der Waals surface area (Å²) in [5, 5.41) is 9.25. The van der Waals surface area contributed by atoms with Crippen LogP contribution in [0.3, 0.4) is 0 Å². The normalized spacial score (nSPS) is 26.0. The van der Waals surface area contributed by atoms with Gasteiger partial charge < -0.3 is 14.6 Å². The second kappa shape index (κ2) is 8.37. The van der Waals surface area contributed by atoms with Gasteiger partial charge in [-0.05, 0) is 51.0 Å². The van der Waals surface area contributed by atoms with Crippen molar-refractivity contribution >= 4 is 0 Å². The zero-order chi connectivity index (χ0) is 15.9. The van der Waals surface area contributed by atoms with Crippen LogP contribution < -0.4 is 0 Å². The quantitative estimate of drug-likeness (QED) is 0.814. The lowest BCUT2D eigenvalue weighted by Gasteiger charge is -2.39. The summed E-state index contributed by atoms with van der Waals surface area (Å²) in [5.41, 5.74) is 1.47. The lowest BCUT2D eigenvalue weighted by molar-refractivity contribution is 0.0890. The number of aliphatic hydroxyl groups is 1. The van der Waals surface area contributed by atoms with Crippen molar-refractivity contribution in [1.82, 2.24) is 4.90 Å². The number of likely N-dealkylation sites (tertiary alicyclic amines) is 1. The number of nitrogens with zero attached hydrogens (tertiary/aromatic N) is 1. The molecule has 0 aromatic rings. The molecule has 2 unspecified atom stereocenters. The molecular weight excluding hydrogens is 290 g/mol. The molecule has 0 aromatic heterocycles. The van der Waals surface area contributed by atoms with Crippen LogP contribution in [-0.2, 0) is 9.47 Å². The Morgan fingerprint density at radius 3 is 3.04 bits per heavy atom. The second-order valence-electron chi connectivity index (χ2n) is 6.57. The molecule has 23 heavy (non-hydrogen) atoms. The summed E-state index contributed by atoms with van der Waals surface area (Å²) < 4.78 is 11.1. The van der Waals surface area contributed by atoms with Gasteiger partial charge in [-0.1, -0.05) is 23.8 Å². The van der Waals surface area contributed by atoms with Crippen molar-refractivity contribution in [3.05, 3.63) is 48.3 Å². The van der Waals surface area contributed by atoms with E-state index in [4.69, 9.17) is 9.47 Å². The standard InChI is InChI=1S/C19H27NO3/c21-10-8-17-7-4-9-20(14-17)18(19-15-22-11-12-23-19)13-16-5-2-1-3-6-16/h1-2,5,11-12,15,17-18,21H,3-4,6-10,13-14H2. The highest BCUT2D eigenvalue weighted by Gasteiger charge is 2.30. The third kappa shape index (κ3) is 4.49. The molecule has 2 atom stereocenters. The zero-order valence-corrected chi connectivity index (χ0v) is 13.7. The molecule has 0 bridgehead atoms. The van der Waals surface area contributed by atoms with Crippen molar-refractivity contribution in [3.8, 4) is 0 Å². The molecule has 1 aliphatic carbocycles. The highest BCUT2D eigenvalue weighted by atomic mass is 16.5. The average Bonchev–Trinajstić information content (AvgIpc) is 2.62. The molecule has 1 saturated heterocycles. The smallest absolute Gasteiger partial charge is 0.156 e.